The molecule has 29 heavy (non-hydrogen) atoms. The van der Waals surface area contributed by atoms with Crippen LogP contribution in [0, 0.1) is 0 Å². The van der Waals surface area contributed by atoms with Crippen molar-refractivity contribution in [2.24, 2.45) is 0 Å². The zero-order valence-electron chi connectivity index (χ0n) is 17.4. The van der Waals surface area contributed by atoms with Crippen molar-refractivity contribution in [3.63, 3.8) is 0 Å². The van der Waals surface area contributed by atoms with E-state index in [1.165, 1.54) is 17.5 Å². The van der Waals surface area contributed by atoms with E-state index in [9.17, 15) is 4.79 Å². The molecule has 4 rings (SSSR count). The molecule has 5 nitrogen and oxygen atoms in total. The predicted molar refractivity (Wildman–Crippen MR) is 116 cm³/mol. The molecular formula is C24H31N3O2. The number of ether oxygens (including phenoxy) is 1. The monoisotopic (exact) mass is 393 g/mol. The van der Waals surface area contributed by atoms with E-state index in [0.717, 1.165) is 42.8 Å². The maximum absolute atomic E-state index is 12.3. The molecule has 5 heteroatoms. The summed E-state index contributed by atoms with van der Waals surface area (Å²) in [6.07, 6.45) is 4.72. The number of methoxy groups -OCH3 is 1. The van der Waals surface area contributed by atoms with Crippen LogP contribution in [0.25, 0.3) is 0 Å². The van der Waals surface area contributed by atoms with Crippen LogP contribution in [0.1, 0.15) is 48.4 Å². The second-order valence-electron chi connectivity index (χ2n) is 8.07. The van der Waals surface area contributed by atoms with Gasteiger partial charge in [-0.05, 0) is 55.5 Å². The molecule has 1 fully saturated rings. The third kappa shape index (κ3) is 4.31. The molecule has 2 unspecified atom stereocenters. The first-order valence-corrected chi connectivity index (χ1v) is 10.7. The van der Waals surface area contributed by atoms with Gasteiger partial charge in [-0.15, -0.1) is 0 Å². The standard InChI is InChI=1S/C24H31N3O2/c1-27-21-14-19(22(29-2)15-18(21)10-6-12-23(27)28)16-26-20-11-7-13-25-24(20)17-8-4-3-5-9-17/h3-5,8-9,14-15,20,24-26H,6-7,10-13,16H2,1-2H3. The molecule has 2 atom stereocenters. The largest absolute Gasteiger partial charge is 0.496 e. The Hall–Kier alpha value is -2.37. The number of amides is 1. The molecule has 2 N–H and O–H groups in total. The van der Waals surface area contributed by atoms with Gasteiger partial charge in [-0.25, -0.2) is 0 Å². The Morgan fingerprint density at radius 3 is 2.79 bits per heavy atom. The summed E-state index contributed by atoms with van der Waals surface area (Å²) in [4.78, 5) is 14.1. The van der Waals surface area contributed by atoms with Gasteiger partial charge in [0.25, 0.3) is 0 Å². The van der Waals surface area contributed by atoms with Gasteiger partial charge in [-0.3, -0.25) is 4.79 Å². The number of piperidine rings is 1. The Morgan fingerprint density at radius 1 is 1.17 bits per heavy atom. The topological polar surface area (TPSA) is 53.6 Å². The van der Waals surface area contributed by atoms with Gasteiger partial charge in [0, 0.05) is 43.3 Å². The number of nitrogens with one attached hydrogen (secondary N) is 2. The summed E-state index contributed by atoms with van der Waals surface area (Å²) in [5.74, 6) is 1.09. The number of nitrogens with zero attached hydrogens (tertiary/aromatic N) is 1. The number of anilines is 1. The van der Waals surface area contributed by atoms with Crippen LogP contribution >= 0.6 is 0 Å². The Bertz CT molecular complexity index is 853. The van der Waals surface area contributed by atoms with Crippen LogP contribution in [-0.4, -0.2) is 32.7 Å². The summed E-state index contributed by atoms with van der Waals surface area (Å²) in [6.45, 7) is 1.76. The van der Waals surface area contributed by atoms with Gasteiger partial charge < -0.3 is 20.3 Å². The van der Waals surface area contributed by atoms with Crippen LogP contribution in [0.3, 0.4) is 0 Å². The minimum absolute atomic E-state index is 0.188. The van der Waals surface area contributed by atoms with Crippen LogP contribution < -0.4 is 20.3 Å². The average molecular weight is 394 g/mol. The van der Waals surface area contributed by atoms with Crippen molar-refractivity contribution in [3.8, 4) is 5.75 Å². The Labute approximate surface area is 173 Å². The van der Waals surface area contributed by atoms with E-state index < -0.39 is 0 Å². The summed E-state index contributed by atoms with van der Waals surface area (Å²) in [5, 5.41) is 7.44. The quantitative estimate of drug-likeness (QED) is 0.815. The van der Waals surface area contributed by atoms with E-state index >= 15 is 0 Å². The molecule has 2 aliphatic rings. The second kappa shape index (κ2) is 8.97. The second-order valence-corrected chi connectivity index (χ2v) is 8.07. The molecule has 0 saturated carbocycles. The fraction of sp³-hybridized carbons (Fsp3) is 0.458. The highest BCUT2D eigenvalue weighted by Gasteiger charge is 2.26. The van der Waals surface area contributed by atoms with E-state index in [4.69, 9.17) is 4.74 Å². The fourth-order valence-electron chi connectivity index (χ4n) is 4.59. The van der Waals surface area contributed by atoms with Crippen molar-refractivity contribution in [2.75, 3.05) is 25.6 Å². The van der Waals surface area contributed by atoms with Crippen molar-refractivity contribution in [3.05, 3.63) is 59.2 Å². The molecule has 0 aliphatic carbocycles. The van der Waals surface area contributed by atoms with Crippen LogP contribution in [0.15, 0.2) is 42.5 Å². The first-order valence-electron chi connectivity index (χ1n) is 10.7. The minimum atomic E-state index is 0.188. The van der Waals surface area contributed by atoms with Gasteiger partial charge in [0.1, 0.15) is 5.75 Å². The molecule has 2 heterocycles. The molecule has 0 spiro atoms. The van der Waals surface area contributed by atoms with Gasteiger partial charge in [-0.1, -0.05) is 30.3 Å². The number of fused-ring (bicyclic) bond motifs is 1. The van der Waals surface area contributed by atoms with Crippen LogP contribution in [0.4, 0.5) is 5.69 Å². The maximum Gasteiger partial charge on any atom is 0.226 e. The lowest BCUT2D eigenvalue weighted by Gasteiger charge is -2.34. The van der Waals surface area contributed by atoms with Crippen LogP contribution in [0.2, 0.25) is 0 Å². The molecule has 0 radical (unpaired) electrons. The summed E-state index contributed by atoms with van der Waals surface area (Å²) in [7, 11) is 3.61. The van der Waals surface area contributed by atoms with Crippen LogP contribution in [-0.2, 0) is 17.8 Å². The third-order valence-electron chi connectivity index (χ3n) is 6.23. The summed E-state index contributed by atoms with van der Waals surface area (Å²) in [5.41, 5.74) is 4.64. The maximum atomic E-state index is 12.3. The summed E-state index contributed by atoms with van der Waals surface area (Å²) >= 11 is 0. The van der Waals surface area contributed by atoms with Crippen molar-refractivity contribution in [1.82, 2.24) is 10.6 Å². The number of rotatable bonds is 5. The molecular weight excluding hydrogens is 362 g/mol. The van der Waals surface area contributed by atoms with E-state index in [1.54, 1.807) is 12.0 Å². The number of aryl methyl sites for hydroxylation is 1. The van der Waals surface area contributed by atoms with E-state index in [2.05, 4.69) is 53.1 Å². The predicted octanol–water partition coefficient (Wildman–Crippen LogP) is 3.58. The van der Waals surface area contributed by atoms with Gasteiger partial charge in [0.2, 0.25) is 5.91 Å². The number of benzene rings is 2. The van der Waals surface area contributed by atoms with Crippen LogP contribution in [0.5, 0.6) is 5.75 Å². The number of hydrogen-bond donors (Lipinski definition) is 2. The Morgan fingerprint density at radius 2 is 2.00 bits per heavy atom. The highest BCUT2D eigenvalue weighted by atomic mass is 16.5. The van der Waals surface area contributed by atoms with Gasteiger partial charge in [0.15, 0.2) is 0 Å². The van der Waals surface area contributed by atoms with E-state index in [0.29, 0.717) is 25.0 Å². The smallest absolute Gasteiger partial charge is 0.226 e. The molecule has 0 bridgehead atoms. The minimum Gasteiger partial charge on any atom is -0.496 e. The third-order valence-corrected chi connectivity index (χ3v) is 6.23. The van der Waals surface area contributed by atoms with Gasteiger partial charge >= 0.3 is 0 Å². The number of carbonyl (C=O) groups excluding carboxylic acids is 1. The molecule has 1 amide bonds. The molecule has 0 aromatic heterocycles. The van der Waals surface area contributed by atoms with Crippen molar-refractivity contribution >= 4 is 11.6 Å². The van der Waals surface area contributed by atoms with Crippen molar-refractivity contribution < 1.29 is 9.53 Å². The molecule has 1 saturated heterocycles. The summed E-state index contributed by atoms with van der Waals surface area (Å²) < 4.78 is 5.71. The van der Waals surface area contributed by atoms with E-state index in [-0.39, 0.29) is 5.91 Å². The zero-order valence-corrected chi connectivity index (χ0v) is 17.4. The Kier molecular flexibility index (Phi) is 6.16. The highest BCUT2D eigenvalue weighted by molar-refractivity contribution is 5.94. The van der Waals surface area contributed by atoms with Gasteiger partial charge in [-0.2, -0.15) is 0 Å². The van der Waals surface area contributed by atoms with Crippen molar-refractivity contribution in [2.45, 2.75) is 50.7 Å². The zero-order chi connectivity index (χ0) is 20.2. The summed E-state index contributed by atoms with van der Waals surface area (Å²) in [6, 6.07) is 15.6. The van der Waals surface area contributed by atoms with E-state index in [1.807, 2.05) is 7.05 Å². The number of hydrogen-bond acceptors (Lipinski definition) is 4. The SMILES string of the molecule is COc1cc2c(cc1CNC1CCCNC1c1ccccc1)N(C)C(=O)CCC2. The highest BCUT2D eigenvalue weighted by Crippen LogP contribution is 2.33. The lowest BCUT2D eigenvalue weighted by atomic mass is 9.92. The normalized spacial score (nSPS) is 22.1. The Balaban J connectivity index is 1.55. The molecule has 2 aliphatic heterocycles. The fourth-order valence-corrected chi connectivity index (χ4v) is 4.59. The molecule has 2 aromatic rings. The van der Waals surface area contributed by atoms with Gasteiger partial charge in [0.05, 0.1) is 7.11 Å². The number of carbonyl (C=O) groups is 1. The average Bonchev–Trinajstić information content (AvgIpc) is 2.90. The van der Waals surface area contributed by atoms with Crippen molar-refractivity contribution in [1.29, 1.82) is 0 Å². The molecule has 2 aromatic carbocycles. The lowest BCUT2D eigenvalue weighted by molar-refractivity contribution is -0.118. The first kappa shape index (κ1) is 19.9. The first-order chi connectivity index (χ1) is 14.2. The molecule has 154 valence electrons. The lowest BCUT2D eigenvalue weighted by Crippen LogP contribution is -2.45.